The largest absolute Gasteiger partial charge is 0.390 e. The van der Waals surface area contributed by atoms with Gasteiger partial charge in [0.1, 0.15) is 0 Å². The van der Waals surface area contributed by atoms with Gasteiger partial charge in [-0.1, -0.05) is 27.7 Å². The maximum Gasteiger partial charge on any atom is 0.0678 e. The number of hydrogen-bond donors (Lipinski definition) is 1. The van der Waals surface area contributed by atoms with Crippen LogP contribution in [0, 0.1) is 23.7 Å². The summed E-state index contributed by atoms with van der Waals surface area (Å²) < 4.78 is 0. The zero-order valence-electron chi connectivity index (χ0n) is 8.96. The summed E-state index contributed by atoms with van der Waals surface area (Å²) in [6.45, 7) is 10.8. The second-order valence-corrected chi connectivity index (χ2v) is 5.08. The van der Waals surface area contributed by atoms with E-state index in [1.54, 1.807) is 0 Å². The molecule has 0 aromatic heterocycles. The number of hydrogen-bond acceptors (Lipinski definition) is 1. The normalized spacial score (nSPS) is 36.2. The first kappa shape index (κ1) is 10.0. The molecule has 0 bridgehead atoms. The minimum atomic E-state index is -0.437. The Bertz CT molecular complexity index is 160. The molecule has 72 valence electrons. The van der Waals surface area contributed by atoms with Crippen LogP contribution in [-0.4, -0.2) is 10.7 Å². The van der Waals surface area contributed by atoms with Crippen molar-refractivity contribution in [3.63, 3.8) is 0 Å². The summed E-state index contributed by atoms with van der Waals surface area (Å²) in [7, 11) is 0. The van der Waals surface area contributed by atoms with Gasteiger partial charge in [0.25, 0.3) is 0 Å². The van der Waals surface area contributed by atoms with E-state index in [9.17, 15) is 5.11 Å². The van der Waals surface area contributed by atoms with E-state index in [1.165, 1.54) is 6.42 Å². The highest BCUT2D eigenvalue weighted by molar-refractivity contribution is 4.99. The molecule has 4 atom stereocenters. The van der Waals surface area contributed by atoms with Crippen LogP contribution in [-0.2, 0) is 0 Å². The Kier molecular flexibility index (Phi) is 2.53. The van der Waals surface area contributed by atoms with E-state index in [4.69, 9.17) is 0 Å². The first-order chi connectivity index (χ1) is 5.37. The van der Waals surface area contributed by atoms with Crippen LogP contribution in [0.15, 0.2) is 0 Å². The van der Waals surface area contributed by atoms with Gasteiger partial charge in [0.15, 0.2) is 0 Å². The quantitative estimate of drug-likeness (QED) is 0.690. The highest BCUT2D eigenvalue weighted by Gasteiger charge is 2.49. The van der Waals surface area contributed by atoms with Gasteiger partial charge in [0.05, 0.1) is 5.60 Å². The van der Waals surface area contributed by atoms with Crippen LogP contribution in [0.4, 0.5) is 0 Å². The number of rotatable bonds is 3. The van der Waals surface area contributed by atoms with Gasteiger partial charge in [-0.15, -0.1) is 0 Å². The molecule has 1 heteroatoms. The first-order valence-corrected chi connectivity index (χ1v) is 5.09. The molecule has 0 radical (unpaired) electrons. The Morgan fingerprint density at radius 2 is 1.75 bits per heavy atom. The summed E-state index contributed by atoms with van der Waals surface area (Å²) >= 11 is 0. The molecule has 12 heavy (non-hydrogen) atoms. The van der Waals surface area contributed by atoms with Gasteiger partial charge >= 0.3 is 0 Å². The fraction of sp³-hybridized carbons (Fsp3) is 1.00. The lowest BCUT2D eigenvalue weighted by molar-refractivity contribution is -0.0358. The van der Waals surface area contributed by atoms with Gasteiger partial charge in [-0.2, -0.15) is 0 Å². The summed E-state index contributed by atoms with van der Waals surface area (Å²) in [6, 6.07) is 0. The zero-order chi connectivity index (χ0) is 9.52. The summed E-state index contributed by atoms with van der Waals surface area (Å²) in [4.78, 5) is 0. The lowest BCUT2D eigenvalue weighted by Crippen LogP contribution is -2.38. The molecule has 1 N–H and O–H groups in total. The molecular formula is C11H22O. The minimum Gasteiger partial charge on any atom is -0.390 e. The predicted octanol–water partition coefficient (Wildman–Crippen LogP) is 2.69. The second-order valence-electron chi connectivity index (χ2n) is 5.08. The molecule has 0 aliphatic heterocycles. The van der Waals surface area contributed by atoms with Gasteiger partial charge in [0.2, 0.25) is 0 Å². The summed E-state index contributed by atoms with van der Waals surface area (Å²) in [5.41, 5.74) is -0.437. The smallest absolute Gasteiger partial charge is 0.0678 e. The Balaban J connectivity index is 2.58. The zero-order valence-corrected chi connectivity index (χ0v) is 8.96. The van der Waals surface area contributed by atoms with Crippen LogP contribution >= 0.6 is 0 Å². The Hall–Kier alpha value is -0.0400. The molecule has 1 fully saturated rings. The van der Waals surface area contributed by atoms with Gasteiger partial charge < -0.3 is 5.11 Å². The van der Waals surface area contributed by atoms with E-state index < -0.39 is 5.60 Å². The molecule has 4 unspecified atom stereocenters. The van der Waals surface area contributed by atoms with Crippen LogP contribution in [0.1, 0.15) is 41.0 Å². The topological polar surface area (TPSA) is 20.2 Å². The van der Waals surface area contributed by atoms with Crippen LogP contribution in [0.3, 0.4) is 0 Å². The lowest BCUT2D eigenvalue weighted by Gasteiger charge is -2.33. The average Bonchev–Trinajstić information content (AvgIpc) is 2.65. The van der Waals surface area contributed by atoms with Crippen molar-refractivity contribution in [1.82, 2.24) is 0 Å². The van der Waals surface area contributed by atoms with E-state index >= 15 is 0 Å². The predicted molar refractivity (Wildman–Crippen MR) is 51.9 cm³/mol. The summed E-state index contributed by atoms with van der Waals surface area (Å²) in [5, 5.41) is 10.3. The molecule has 0 spiro atoms. The van der Waals surface area contributed by atoms with Crippen molar-refractivity contribution in [2.75, 3.05) is 0 Å². The first-order valence-electron chi connectivity index (χ1n) is 5.09. The van der Waals surface area contributed by atoms with Crippen molar-refractivity contribution in [2.24, 2.45) is 23.7 Å². The van der Waals surface area contributed by atoms with Crippen molar-refractivity contribution in [2.45, 2.75) is 46.6 Å². The van der Waals surface area contributed by atoms with Crippen molar-refractivity contribution in [3.05, 3.63) is 0 Å². The molecule has 0 heterocycles. The SMILES string of the molecule is CC(C)C(C)C(C)(O)C1CC1C. The molecular weight excluding hydrogens is 148 g/mol. The monoisotopic (exact) mass is 170 g/mol. The molecule has 0 aromatic rings. The highest BCUT2D eigenvalue weighted by Crippen LogP contribution is 2.49. The average molecular weight is 170 g/mol. The molecule has 1 aliphatic rings. The van der Waals surface area contributed by atoms with E-state index in [0.29, 0.717) is 17.8 Å². The summed E-state index contributed by atoms with van der Waals surface area (Å²) in [5.74, 6) is 2.27. The van der Waals surface area contributed by atoms with Crippen molar-refractivity contribution in [1.29, 1.82) is 0 Å². The Morgan fingerprint density at radius 3 is 2.00 bits per heavy atom. The molecule has 0 aromatic carbocycles. The number of aliphatic hydroxyl groups is 1. The van der Waals surface area contributed by atoms with Gasteiger partial charge in [-0.25, -0.2) is 0 Å². The lowest BCUT2D eigenvalue weighted by atomic mass is 9.78. The maximum absolute atomic E-state index is 10.3. The van der Waals surface area contributed by atoms with Gasteiger partial charge in [-0.05, 0) is 37.0 Å². The van der Waals surface area contributed by atoms with E-state index in [0.717, 1.165) is 5.92 Å². The molecule has 0 amide bonds. The minimum absolute atomic E-state index is 0.410. The van der Waals surface area contributed by atoms with Crippen molar-refractivity contribution >= 4 is 0 Å². The van der Waals surface area contributed by atoms with Crippen molar-refractivity contribution < 1.29 is 5.11 Å². The van der Waals surface area contributed by atoms with Crippen molar-refractivity contribution in [3.8, 4) is 0 Å². The third kappa shape index (κ3) is 1.66. The third-order valence-electron chi connectivity index (χ3n) is 3.78. The van der Waals surface area contributed by atoms with Crippen LogP contribution < -0.4 is 0 Å². The summed E-state index contributed by atoms with van der Waals surface area (Å²) in [6.07, 6.45) is 1.21. The van der Waals surface area contributed by atoms with Gasteiger partial charge in [0, 0.05) is 0 Å². The molecule has 1 nitrogen and oxygen atoms in total. The Morgan fingerprint density at radius 1 is 1.33 bits per heavy atom. The van der Waals surface area contributed by atoms with Crippen LogP contribution in [0.5, 0.6) is 0 Å². The molecule has 1 aliphatic carbocycles. The van der Waals surface area contributed by atoms with Crippen LogP contribution in [0.2, 0.25) is 0 Å². The fourth-order valence-corrected chi connectivity index (χ4v) is 2.15. The third-order valence-corrected chi connectivity index (χ3v) is 3.78. The Labute approximate surface area is 76.2 Å². The van der Waals surface area contributed by atoms with E-state index in [1.807, 2.05) is 6.92 Å². The van der Waals surface area contributed by atoms with Crippen LogP contribution in [0.25, 0.3) is 0 Å². The fourth-order valence-electron chi connectivity index (χ4n) is 2.15. The molecule has 0 saturated heterocycles. The highest BCUT2D eigenvalue weighted by atomic mass is 16.3. The molecule has 1 saturated carbocycles. The molecule has 1 rings (SSSR count). The van der Waals surface area contributed by atoms with Gasteiger partial charge in [-0.3, -0.25) is 0 Å². The second kappa shape index (κ2) is 3.02. The van der Waals surface area contributed by atoms with E-state index in [2.05, 4.69) is 27.7 Å². The van der Waals surface area contributed by atoms with E-state index in [-0.39, 0.29) is 0 Å². The standard InChI is InChI=1S/C11H22O/c1-7(2)9(4)11(5,12)10-6-8(10)3/h7-10,12H,6H2,1-5H3. The maximum atomic E-state index is 10.3.